The Bertz CT molecular complexity index is 462. The summed E-state index contributed by atoms with van der Waals surface area (Å²) in [6.45, 7) is 5.36. The molecule has 1 aromatic rings. The third-order valence-electron chi connectivity index (χ3n) is 4.29. The number of nitrogens with one attached hydrogen (secondary N) is 1. The van der Waals surface area contributed by atoms with Gasteiger partial charge in [-0.3, -0.25) is 0 Å². The van der Waals surface area contributed by atoms with E-state index in [0.29, 0.717) is 11.8 Å². The number of carbonyl (C=O) groups is 1. The van der Waals surface area contributed by atoms with Gasteiger partial charge in [0.1, 0.15) is 6.10 Å². The number of carbonyl (C=O) groups excluding carboxylic acids is 1. The first-order valence-electron chi connectivity index (χ1n) is 8.03. The first kappa shape index (κ1) is 16.0. The van der Waals surface area contributed by atoms with E-state index in [0.717, 1.165) is 36.9 Å². The van der Waals surface area contributed by atoms with E-state index in [1.165, 1.54) is 6.42 Å². The molecule has 1 saturated carbocycles. The fourth-order valence-electron chi connectivity index (χ4n) is 3.38. The maximum atomic E-state index is 12.5. The van der Waals surface area contributed by atoms with Gasteiger partial charge in [0.2, 0.25) is 0 Å². The molecule has 2 atom stereocenters. The number of hydrogen-bond donors (Lipinski definition) is 1. The van der Waals surface area contributed by atoms with Gasteiger partial charge < -0.3 is 10.1 Å². The third kappa shape index (κ3) is 4.57. The van der Waals surface area contributed by atoms with E-state index < -0.39 is 0 Å². The molecule has 1 aliphatic carbocycles. The van der Waals surface area contributed by atoms with Gasteiger partial charge in [-0.1, -0.05) is 32.0 Å². The second-order valence-electron chi connectivity index (χ2n) is 6.46. The first-order chi connectivity index (χ1) is 10.1. The van der Waals surface area contributed by atoms with Crippen molar-refractivity contribution in [3.63, 3.8) is 0 Å². The van der Waals surface area contributed by atoms with Crippen LogP contribution < -0.4 is 5.32 Å². The van der Waals surface area contributed by atoms with Crippen LogP contribution in [0.15, 0.2) is 24.3 Å². The van der Waals surface area contributed by atoms with E-state index >= 15 is 0 Å². The molecule has 3 nitrogen and oxygen atoms in total. The molecular weight excluding hydrogens is 262 g/mol. The van der Waals surface area contributed by atoms with E-state index in [1.54, 1.807) is 0 Å². The summed E-state index contributed by atoms with van der Waals surface area (Å²) in [5.41, 5.74) is 1.78. The van der Waals surface area contributed by atoms with Crippen LogP contribution in [-0.4, -0.2) is 25.7 Å². The van der Waals surface area contributed by atoms with Crippen molar-refractivity contribution in [2.24, 2.45) is 11.8 Å². The highest BCUT2D eigenvalue weighted by Gasteiger charge is 2.27. The molecule has 1 aromatic carbocycles. The van der Waals surface area contributed by atoms with Gasteiger partial charge in [0.15, 0.2) is 0 Å². The highest BCUT2D eigenvalue weighted by atomic mass is 16.5. The van der Waals surface area contributed by atoms with Gasteiger partial charge in [0.05, 0.1) is 5.56 Å². The lowest BCUT2D eigenvalue weighted by molar-refractivity contribution is 0.00795. The second-order valence-corrected chi connectivity index (χ2v) is 6.46. The second kappa shape index (κ2) is 7.60. The fourth-order valence-corrected chi connectivity index (χ4v) is 3.38. The lowest BCUT2D eigenvalue weighted by atomic mass is 9.82. The zero-order valence-corrected chi connectivity index (χ0v) is 13.4. The Hall–Kier alpha value is -1.35. The van der Waals surface area contributed by atoms with Crippen molar-refractivity contribution in [3.8, 4) is 0 Å². The molecule has 0 heterocycles. The summed E-state index contributed by atoms with van der Waals surface area (Å²) >= 11 is 0. The summed E-state index contributed by atoms with van der Waals surface area (Å²) in [7, 11) is 1.92. The third-order valence-corrected chi connectivity index (χ3v) is 4.29. The Labute approximate surface area is 128 Å². The molecular formula is C18H27NO2. The lowest BCUT2D eigenvalue weighted by Crippen LogP contribution is -2.29. The highest BCUT2D eigenvalue weighted by Crippen LogP contribution is 2.31. The van der Waals surface area contributed by atoms with E-state index in [4.69, 9.17) is 4.74 Å². The molecule has 3 heteroatoms. The van der Waals surface area contributed by atoms with Crippen LogP contribution in [0.4, 0.5) is 0 Å². The van der Waals surface area contributed by atoms with Crippen LogP contribution in [-0.2, 0) is 11.2 Å². The summed E-state index contributed by atoms with van der Waals surface area (Å²) in [5, 5.41) is 3.12. The molecule has 116 valence electrons. The van der Waals surface area contributed by atoms with Crippen molar-refractivity contribution < 1.29 is 9.53 Å². The number of esters is 1. The molecule has 0 amide bonds. The molecule has 2 unspecified atom stereocenters. The predicted octanol–water partition coefficient (Wildman–Crippen LogP) is 3.43. The highest BCUT2D eigenvalue weighted by molar-refractivity contribution is 5.91. The van der Waals surface area contributed by atoms with Crippen LogP contribution in [0, 0.1) is 11.8 Å². The van der Waals surface area contributed by atoms with Crippen molar-refractivity contribution in [1.29, 1.82) is 0 Å². The van der Waals surface area contributed by atoms with Crippen LogP contribution in [0.25, 0.3) is 0 Å². The Balaban J connectivity index is 2.02. The minimum absolute atomic E-state index is 0.0774. The van der Waals surface area contributed by atoms with E-state index in [9.17, 15) is 4.79 Å². The summed E-state index contributed by atoms with van der Waals surface area (Å²) in [6, 6.07) is 7.78. The van der Waals surface area contributed by atoms with Crippen molar-refractivity contribution in [2.45, 2.75) is 45.6 Å². The molecule has 1 aliphatic rings. The summed E-state index contributed by atoms with van der Waals surface area (Å²) in [6.07, 6.45) is 4.16. The normalized spacial score (nSPS) is 25.6. The zero-order chi connectivity index (χ0) is 15.2. The maximum Gasteiger partial charge on any atom is 0.338 e. The number of ether oxygens (including phenoxy) is 1. The van der Waals surface area contributed by atoms with Crippen LogP contribution >= 0.6 is 0 Å². The van der Waals surface area contributed by atoms with Crippen molar-refractivity contribution in [1.82, 2.24) is 5.32 Å². The van der Waals surface area contributed by atoms with Gasteiger partial charge in [-0.25, -0.2) is 4.79 Å². The van der Waals surface area contributed by atoms with Crippen molar-refractivity contribution in [3.05, 3.63) is 35.4 Å². The van der Waals surface area contributed by atoms with Gasteiger partial charge in [-0.2, -0.15) is 0 Å². The van der Waals surface area contributed by atoms with E-state index in [-0.39, 0.29) is 12.1 Å². The Morgan fingerprint density at radius 3 is 2.52 bits per heavy atom. The molecule has 1 fully saturated rings. The molecule has 1 N–H and O–H groups in total. The van der Waals surface area contributed by atoms with Gasteiger partial charge in [-0.05, 0) is 62.7 Å². The number of rotatable bonds is 5. The average Bonchev–Trinajstić information content (AvgIpc) is 2.44. The summed E-state index contributed by atoms with van der Waals surface area (Å²) in [5.74, 6) is 1.13. The van der Waals surface area contributed by atoms with Gasteiger partial charge in [0, 0.05) is 0 Å². The Kier molecular flexibility index (Phi) is 5.80. The molecule has 0 aromatic heterocycles. The number of hydrogen-bond acceptors (Lipinski definition) is 3. The van der Waals surface area contributed by atoms with E-state index in [2.05, 4.69) is 19.2 Å². The SMILES string of the molecule is CNCCc1ccccc1C(=O)OC1CC(C)CC(C)C1. The fraction of sp³-hybridized carbons (Fsp3) is 0.611. The molecule has 0 spiro atoms. The van der Waals surface area contributed by atoms with E-state index in [1.807, 2.05) is 31.3 Å². The standard InChI is InChI=1S/C18H27NO2/c1-13-10-14(2)12-16(11-13)21-18(20)17-7-5-4-6-15(17)8-9-19-3/h4-7,13-14,16,19H,8-12H2,1-3H3. The van der Waals surface area contributed by atoms with Gasteiger partial charge in [0.25, 0.3) is 0 Å². The van der Waals surface area contributed by atoms with Crippen LogP contribution in [0.2, 0.25) is 0 Å². The van der Waals surface area contributed by atoms with Crippen LogP contribution in [0.1, 0.15) is 49.0 Å². The van der Waals surface area contributed by atoms with Crippen molar-refractivity contribution in [2.75, 3.05) is 13.6 Å². The van der Waals surface area contributed by atoms with Gasteiger partial charge >= 0.3 is 5.97 Å². The lowest BCUT2D eigenvalue weighted by Gasteiger charge is -2.31. The van der Waals surface area contributed by atoms with Crippen LogP contribution in [0.5, 0.6) is 0 Å². The Morgan fingerprint density at radius 1 is 1.19 bits per heavy atom. The smallest absolute Gasteiger partial charge is 0.338 e. The topological polar surface area (TPSA) is 38.3 Å². The van der Waals surface area contributed by atoms with Crippen LogP contribution in [0.3, 0.4) is 0 Å². The molecule has 0 bridgehead atoms. The molecule has 2 rings (SSSR count). The monoisotopic (exact) mass is 289 g/mol. The molecule has 0 radical (unpaired) electrons. The number of benzene rings is 1. The largest absolute Gasteiger partial charge is 0.459 e. The predicted molar refractivity (Wildman–Crippen MR) is 85.5 cm³/mol. The summed E-state index contributed by atoms with van der Waals surface area (Å²) in [4.78, 5) is 12.5. The average molecular weight is 289 g/mol. The summed E-state index contributed by atoms with van der Waals surface area (Å²) < 4.78 is 5.78. The minimum atomic E-state index is -0.159. The molecule has 21 heavy (non-hydrogen) atoms. The Morgan fingerprint density at radius 2 is 1.86 bits per heavy atom. The maximum absolute atomic E-state index is 12.5. The quantitative estimate of drug-likeness (QED) is 0.844. The minimum Gasteiger partial charge on any atom is -0.459 e. The first-order valence-corrected chi connectivity index (χ1v) is 8.03. The molecule has 0 saturated heterocycles. The number of likely N-dealkylation sites (N-methyl/N-ethyl adjacent to an activating group) is 1. The van der Waals surface area contributed by atoms with Crippen molar-refractivity contribution >= 4 is 5.97 Å². The zero-order valence-electron chi connectivity index (χ0n) is 13.4. The van der Waals surface area contributed by atoms with Gasteiger partial charge in [-0.15, -0.1) is 0 Å². The molecule has 0 aliphatic heterocycles.